The van der Waals surface area contributed by atoms with Crippen LogP contribution in [0, 0.1) is 5.92 Å². The standard InChI is InChI=1S/C16H27N3O13/c1-5(22)19-11-10(26)9(25)6(3-20)32-16(11,31)7(2-8(23)24)15(18,13(29)30)14(17,4-21)12(27)28/h6-7,9-11,20-21,25-26,31H,2-4,17-18H2,1H3,(H,19,22)(H,23,24)(H,27,28)(H,29,30)/t6-,7?,9+,10+,11-,14?,15?,16?/m1/s1. The molecule has 1 aliphatic rings. The molecule has 1 fully saturated rings. The molecule has 0 aromatic rings. The summed E-state index contributed by atoms with van der Waals surface area (Å²) in [6.07, 6.45) is -7.49. The van der Waals surface area contributed by atoms with Gasteiger partial charge in [0.15, 0.2) is 16.9 Å². The number of carbonyl (C=O) groups is 4. The maximum absolute atomic E-state index is 12.2. The van der Waals surface area contributed by atoms with Crippen molar-refractivity contribution in [3.8, 4) is 0 Å². The van der Waals surface area contributed by atoms with E-state index in [1.807, 2.05) is 5.32 Å². The van der Waals surface area contributed by atoms with Crippen molar-refractivity contribution in [2.75, 3.05) is 13.2 Å². The molecule has 0 saturated carbocycles. The van der Waals surface area contributed by atoms with Crippen molar-refractivity contribution in [2.24, 2.45) is 17.4 Å². The number of ether oxygens (including phenoxy) is 1. The lowest BCUT2D eigenvalue weighted by molar-refractivity contribution is -0.346. The molecule has 0 bridgehead atoms. The van der Waals surface area contributed by atoms with Gasteiger partial charge in [0.1, 0.15) is 24.4 Å². The van der Waals surface area contributed by atoms with E-state index in [0.717, 1.165) is 6.92 Å². The van der Waals surface area contributed by atoms with Crippen molar-refractivity contribution >= 4 is 23.8 Å². The van der Waals surface area contributed by atoms with Gasteiger partial charge in [-0.2, -0.15) is 0 Å². The Morgan fingerprint density at radius 2 is 1.59 bits per heavy atom. The molecule has 16 heteroatoms. The van der Waals surface area contributed by atoms with Gasteiger partial charge < -0.3 is 62.4 Å². The quantitative estimate of drug-likeness (QED) is 0.142. The molecule has 0 aliphatic carbocycles. The Bertz CT molecular complexity index is 765. The van der Waals surface area contributed by atoms with E-state index in [4.69, 9.17) is 16.2 Å². The number of carbonyl (C=O) groups excluding carboxylic acids is 1. The van der Waals surface area contributed by atoms with Gasteiger partial charge in [-0.25, -0.2) is 0 Å². The van der Waals surface area contributed by atoms with Gasteiger partial charge in [0, 0.05) is 6.92 Å². The second-order valence-corrected chi connectivity index (χ2v) is 7.51. The average Bonchev–Trinajstić information content (AvgIpc) is 2.70. The van der Waals surface area contributed by atoms with Crippen LogP contribution in [0.15, 0.2) is 0 Å². The van der Waals surface area contributed by atoms with E-state index in [1.165, 1.54) is 0 Å². The van der Waals surface area contributed by atoms with Crippen molar-refractivity contribution in [3.05, 3.63) is 0 Å². The maximum Gasteiger partial charge on any atom is 0.328 e. The van der Waals surface area contributed by atoms with Gasteiger partial charge in [-0.15, -0.1) is 0 Å². The first-order valence-corrected chi connectivity index (χ1v) is 9.06. The third-order valence-corrected chi connectivity index (χ3v) is 5.55. The molecule has 4 unspecified atom stereocenters. The van der Waals surface area contributed by atoms with E-state index in [1.54, 1.807) is 0 Å². The number of nitrogens with two attached hydrogens (primary N) is 2. The lowest BCUT2D eigenvalue weighted by Crippen LogP contribution is -2.84. The smallest absolute Gasteiger partial charge is 0.328 e. The lowest BCUT2D eigenvalue weighted by Gasteiger charge is -2.55. The van der Waals surface area contributed by atoms with Crippen LogP contribution in [-0.2, 0) is 23.9 Å². The average molecular weight is 469 g/mol. The Morgan fingerprint density at radius 1 is 1.06 bits per heavy atom. The molecule has 0 radical (unpaired) electrons. The molecule has 1 rings (SSSR count). The van der Waals surface area contributed by atoms with Gasteiger partial charge in [-0.3, -0.25) is 19.2 Å². The zero-order valence-electron chi connectivity index (χ0n) is 16.8. The van der Waals surface area contributed by atoms with Crippen LogP contribution < -0.4 is 16.8 Å². The minimum Gasteiger partial charge on any atom is -0.481 e. The zero-order valence-corrected chi connectivity index (χ0v) is 16.8. The second-order valence-electron chi connectivity index (χ2n) is 7.51. The molecular formula is C16H27N3O13. The van der Waals surface area contributed by atoms with Crippen molar-refractivity contribution in [3.63, 3.8) is 0 Å². The van der Waals surface area contributed by atoms with E-state index in [2.05, 4.69) is 0 Å². The first-order valence-electron chi connectivity index (χ1n) is 9.06. The fourth-order valence-corrected chi connectivity index (χ4v) is 3.73. The number of carboxylic acids is 3. The lowest BCUT2D eigenvalue weighted by atomic mass is 9.63. The topological polar surface area (TPSA) is 303 Å². The number of aliphatic hydroxyl groups excluding tert-OH is 4. The van der Waals surface area contributed by atoms with Crippen LogP contribution in [0.3, 0.4) is 0 Å². The number of aliphatic hydroxyl groups is 5. The maximum atomic E-state index is 12.2. The number of aliphatic carboxylic acids is 3. The first kappa shape index (κ1) is 27.6. The highest BCUT2D eigenvalue weighted by Crippen LogP contribution is 2.43. The van der Waals surface area contributed by atoms with E-state index < -0.39 is 90.6 Å². The van der Waals surface area contributed by atoms with E-state index in [0.29, 0.717) is 0 Å². The van der Waals surface area contributed by atoms with Crippen LogP contribution in [-0.4, -0.2) is 119 Å². The molecule has 184 valence electrons. The second kappa shape index (κ2) is 9.59. The summed E-state index contributed by atoms with van der Waals surface area (Å²) >= 11 is 0. The van der Waals surface area contributed by atoms with Crippen LogP contribution in [0.25, 0.3) is 0 Å². The molecule has 8 atom stereocenters. The largest absolute Gasteiger partial charge is 0.481 e. The minimum absolute atomic E-state index is 0.884. The number of hydrogen-bond acceptors (Lipinski definition) is 12. The van der Waals surface area contributed by atoms with Gasteiger partial charge in [-0.05, 0) is 0 Å². The van der Waals surface area contributed by atoms with Crippen molar-refractivity contribution < 1.29 is 64.8 Å². The van der Waals surface area contributed by atoms with E-state index in [9.17, 15) is 60.0 Å². The molecule has 1 saturated heterocycles. The van der Waals surface area contributed by atoms with Gasteiger partial charge in [0.25, 0.3) is 0 Å². The van der Waals surface area contributed by atoms with Crippen LogP contribution in [0.4, 0.5) is 0 Å². The number of amides is 1. The Labute approximate surface area is 180 Å². The van der Waals surface area contributed by atoms with Crippen molar-refractivity contribution in [1.29, 1.82) is 0 Å². The summed E-state index contributed by atoms with van der Waals surface area (Å²) in [4.78, 5) is 47.2. The predicted molar refractivity (Wildman–Crippen MR) is 98.5 cm³/mol. The zero-order chi connectivity index (χ0) is 25.2. The third-order valence-electron chi connectivity index (χ3n) is 5.55. The highest BCUT2D eigenvalue weighted by Gasteiger charge is 2.70. The van der Waals surface area contributed by atoms with Crippen molar-refractivity contribution in [2.45, 2.75) is 54.6 Å². The van der Waals surface area contributed by atoms with Crippen LogP contribution in [0.1, 0.15) is 13.3 Å². The Hall–Kier alpha value is -2.44. The van der Waals surface area contributed by atoms with Crippen LogP contribution >= 0.6 is 0 Å². The normalized spacial score (nSPS) is 32.8. The minimum atomic E-state index is -3.51. The third kappa shape index (κ3) is 4.39. The first-order chi connectivity index (χ1) is 14.5. The van der Waals surface area contributed by atoms with Crippen LogP contribution in [0.5, 0.6) is 0 Å². The highest BCUT2D eigenvalue weighted by atomic mass is 16.7. The summed E-state index contributed by atoms with van der Waals surface area (Å²) in [6, 6.07) is -2.18. The Balaban J connectivity index is 3.95. The molecule has 0 spiro atoms. The summed E-state index contributed by atoms with van der Waals surface area (Å²) in [6.45, 7) is -1.86. The molecule has 1 aliphatic heterocycles. The molecule has 1 heterocycles. The molecule has 1 amide bonds. The SMILES string of the molecule is CC(=O)N[C@@H]1[C@@H](O)[C@@H](O)[C@@H](CO)OC1(O)C(CC(=O)O)C(N)(C(=O)O)C(N)(CO)C(=O)O. The molecule has 13 N–H and O–H groups in total. The molecule has 32 heavy (non-hydrogen) atoms. The monoisotopic (exact) mass is 469 g/mol. The predicted octanol–water partition coefficient (Wildman–Crippen LogP) is -6.06. The number of nitrogens with one attached hydrogen (secondary N) is 1. The highest BCUT2D eigenvalue weighted by molar-refractivity contribution is 5.94. The summed E-state index contributed by atoms with van der Waals surface area (Å²) in [5.74, 6) is -13.2. The fraction of sp³-hybridized carbons (Fsp3) is 0.750. The summed E-state index contributed by atoms with van der Waals surface area (Å²) in [5.41, 5.74) is 4.55. The van der Waals surface area contributed by atoms with Gasteiger partial charge >= 0.3 is 17.9 Å². The van der Waals surface area contributed by atoms with E-state index in [-0.39, 0.29) is 0 Å². The van der Waals surface area contributed by atoms with Gasteiger partial charge in [0.05, 0.1) is 25.6 Å². The Morgan fingerprint density at radius 3 is 1.94 bits per heavy atom. The van der Waals surface area contributed by atoms with Crippen molar-refractivity contribution in [1.82, 2.24) is 5.32 Å². The molecule has 16 nitrogen and oxygen atoms in total. The molecule has 0 aromatic heterocycles. The number of hydrogen-bond donors (Lipinski definition) is 11. The van der Waals surface area contributed by atoms with E-state index >= 15 is 0 Å². The summed E-state index contributed by atoms with van der Waals surface area (Å²) in [7, 11) is 0. The van der Waals surface area contributed by atoms with Gasteiger partial charge in [-0.1, -0.05) is 0 Å². The summed E-state index contributed by atoms with van der Waals surface area (Å²) < 4.78 is 5.14. The number of rotatable bonds is 10. The Kier molecular flexibility index (Phi) is 8.27. The fourth-order valence-electron chi connectivity index (χ4n) is 3.73. The molecule has 0 aromatic carbocycles. The molecular weight excluding hydrogens is 442 g/mol. The summed E-state index contributed by atoms with van der Waals surface area (Å²) in [5, 5.41) is 81.5. The van der Waals surface area contributed by atoms with Gasteiger partial charge in [0.2, 0.25) is 5.91 Å². The number of carboxylic acid groups (broad SMARTS) is 3. The van der Waals surface area contributed by atoms with Crippen LogP contribution in [0.2, 0.25) is 0 Å².